The van der Waals surface area contributed by atoms with Gasteiger partial charge >= 0.3 is 0 Å². The van der Waals surface area contributed by atoms with Gasteiger partial charge in [-0.15, -0.1) is 0 Å². The fraction of sp³-hybridized carbons (Fsp3) is 0.462. The molecule has 2 atom stereocenters. The van der Waals surface area contributed by atoms with Crippen molar-refractivity contribution in [2.75, 3.05) is 32.5 Å². The Bertz CT molecular complexity index is 1030. The molecule has 2 unspecified atom stereocenters. The van der Waals surface area contributed by atoms with Crippen LogP contribution >= 0.6 is 0 Å². The first-order valence-electron chi connectivity index (χ1n) is 12.0. The number of hydrogen-bond acceptors (Lipinski definition) is 6. The summed E-state index contributed by atoms with van der Waals surface area (Å²) in [6, 6.07) is 6.55. The van der Waals surface area contributed by atoms with Crippen LogP contribution in [-0.4, -0.2) is 66.6 Å². The zero-order valence-corrected chi connectivity index (χ0v) is 20.7. The summed E-state index contributed by atoms with van der Waals surface area (Å²) in [5.41, 5.74) is 7.81. The predicted molar refractivity (Wildman–Crippen MR) is 137 cm³/mol. The minimum atomic E-state index is -0.533. The summed E-state index contributed by atoms with van der Waals surface area (Å²) >= 11 is 0. The third-order valence-electron chi connectivity index (χ3n) is 6.23. The Kier molecular flexibility index (Phi) is 8.81. The van der Waals surface area contributed by atoms with Crippen LogP contribution in [0.5, 0.6) is 0 Å². The first kappa shape index (κ1) is 26.2. The summed E-state index contributed by atoms with van der Waals surface area (Å²) in [4.78, 5) is 41.8. The molecule has 188 valence electrons. The molecule has 2 fully saturated rings. The highest BCUT2D eigenvalue weighted by Crippen LogP contribution is 2.33. The monoisotopic (exact) mass is 480 g/mol. The van der Waals surface area contributed by atoms with Crippen LogP contribution in [0, 0.1) is 11.3 Å². The molecule has 2 aliphatic rings. The van der Waals surface area contributed by atoms with Gasteiger partial charge in [0.1, 0.15) is 11.9 Å². The van der Waals surface area contributed by atoms with Crippen LogP contribution in [0.1, 0.15) is 44.1 Å². The van der Waals surface area contributed by atoms with Crippen LogP contribution < -0.4 is 16.4 Å². The fourth-order valence-electron chi connectivity index (χ4n) is 4.00. The average molecular weight is 481 g/mol. The maximum absolute atomic E-state index is 13.0. The van der Waals surface area contributed by atoms with Crippen LogP contribution in [-0.2, 0) is 14.4 Å². The number of nitrogens with two attached hydrogens (primary N) is 1. The first-order valence-corrected chi connectivity index (χ1v) is 12.0. The third kappa shape index (κ3) is 7.51. The summed E-state index contributed by atoms with van der Waals surface area (Å²) in [6.45, 7) is 2.94. The number of nitrogens with zero attached hydrogens (tertiary/aromatic N) is 2. The van der Waals surface area contributed by atoms with Crippen molar-refractivity contribution in [3.63, 3.8) is 0 Å². The lowest BCUT2D eigenvalue weighted by atomic mass is 9.99. The van der Waals surface area contributed by atoms with E-state index < -0.39 is 12.0 Å². The van der Waals surface area contributed by atoms with Crippen molar-refractivity contribution in [1.82, 2.24) is 15.1 Å². The topological polar surface area (TPSA) is 132 Å². The van der Waals surface area contributed by atoms with E-state index in [-0.39, 0.29) is 23.6 Å². The number of carbonyl (C=O) groups excluding carboxylic acids is 3. The largest absolute Gasteiger partial charge is 0.402 e. The Hall–Kier alpha value is -3.46. The summed E-state index contributed by atoms with van der Waals surface area (Å²) in [7, 11) is 3.84. The van der Waals surface area contributed by atoms with Crippen LogP contribution in [0.25, 0.3) is 0 Å². The number of likely N-dealkylation sites (N-methyl/N-ethyl adjacent to an activating group) is 1. The quantitative estimate of drug-likeness (QED) is 0.244. The molecule has 1 aliphatic carbocycles. The molecule has 9 heteroatoms. The molecule has 9 nitrogen and oxygen atoms in total. The number of allylic oxidation sites excluding steroid dienone is 1. The number of carbonyl (C=O) groups is 3. The fourth-order valence-corrected chi connectivity index (χ4v) is 4.00. The van der Waals surface area contributed by atoms with E-state index in [1.807, 2.05) is 19.0 Å². The van der Waals surface area contributed by atoms with Gasteiger partial charge in [-0.25, -0.2) is 0 Å². The van der Waals surface area contributed by atoms with Gasteiger partial charge in [-0.2, -0.15) is 0 Å². The van der Waals surface area contributed by atoms with Crippen molar-refractivity contribution < 1.29 is 14.4 Å². The number of amides is 3. The Labute approximate surface area is 206 Å². The minimum absolute atomic E-state index is 0.0265. The van der Waals surface area contributed by atoms with Gasteiger partial charge in [-0.3, -0.25) is 19.8 Å². The molecule has 1 heterocycles. The van der Waals surface area contributed by atoms with E-state index in [0.29, 0.717) is 42.4 Å². The normalized spacial score (nSPS) is 19.1. The number of hydrogen-bond donors (Lipinski definition) is 4. The molecular formula is C26H36N6O3. The van der Waals surface area contributed by atoms with Crippen molar-refractivity contribution >= 4 is 29.2 Å². The zero-order valence-electron chi connectivity index (χ0n) is 20.7. The Balaban J connectivity index is 1.59. The second-order valence-electron chi connectivity index (χ2n) is 9.51. The molecule has 0 bridgehead atoms. The van der Waals surface area contributed by atoms with Crippen molar-refractivity contribution in [2.24, 2.45) is 11.7 Å². The zero-order chi connectivity index (χ0) is 25.5. The molecular weight excluding hydrogens is 444 g/mol. The molecule has 3 amide bonds. The van der Waals surface area contributed by atoms with Crippen molar-refractivity contribution in [1.29, 1.82) is 5.41 Å². The van der Waals surface area contributed by atoms with Gasteiger partial charge in [0.25, 0.3) is 0 Å². The molecule has 5 N–H and O–H groups in total. The van der Waals surface area contributed by atoms with Crippen LogP contribution in [0.4, 0.5) is 5.69 Å². The van der Waals surface area contributed by atoms with Crippen molar-refractivity contribution in [3.05, 3.63) is 53.8 Å². The summed E-state index contributed by atoms with van der Waals surface area (Å²) in [5, 5.41) is 13.5. The Morgan fingerprint density at radius 2 is 2.00 bits per heavy atom. The number of likely N-dealkylation sites (tertiary alicyclic amines) is 1. The van der Waals surface area contributed by atoms with E-state index in [1.165, 1.54) is 12.2 Å². The van der Waals surface area contributed by atoms with Crippen LogP contribution in [0.15, 0.2) is 48.2 Å². The molecule has 1 saturated carbocycles. The highest BCUT2D eigenvalue weighted by atomic mass is 16.2. The highest BCUT2D eigenvalue weighted by molar-refractivity contribution is 6.05. The van der Waals surface area contributed by atoms with E-state index in [4.69, 9.17) is 11.1 Å². The van der Waals surface area contributed by atoms with E-state index in [2.05, 4.69) is 10.6 Å². The van der Waals surface area contributed by atoms with Gasteiger partial charge in [0, 0.05) is 30.5 Å². The van der Waals surface area contributed by atoms with Gasteiger partial charge < -0.3 is 26.2 Å². The maximum Gasteiger partial charge on any atom is 0.247 e. The molecule has 1 aromatic rings. The number of anilines is 1. The summed E-state index contributed by atoms with van der Waals surface area (Å²) < 4.78 is 0. The molecule has 1 saturated heterocycles. The number of benzene rings is 1. The molecule has 35 heavy (non-hydrogen) atoms. The maximum atomic E-state index is 13.0. The first-order chi connectivity index (χ1) is 16.7. The smallest absolute Gasteiger partial charge is 0.247 e. The van der Waals surface area contributed by atoms with Gasteiger partial charge in [0.2, 0.25) is 17.7 Å². The second-order valence-corrected chi connectivity index (χ2v) is 9.51. The lowest BCUT2D eigenvalue weighted by Gasteiger charge is -2.23. The predicted octanol–water partition coefficient (Wildman–Crippen LogP) is 2.18. The molecule has 1 aliphatic heterocycles. The third-order valence-corrected chi connectivity index (χ3v) is 6.23. The highest BCUT2D eigenvalue weighted by Gasteiger charge is 2.33. The van der Waals surface area contributed by atoms with E-state index in [0.717, 1.165) is 19.3 Å². The SMILES string of the molecule is CC(C(=O)NC(=N)/C=C(\N)C1CC1)c1cccc(NC(=O)C2CCCN2C(=O)/C=C/CN(C)C)c1. The van der Waals surface area contributed by atoms with E-state index in [1.54, 1.807) is 42.2 Å². The van der Waals surface area contributed by atoms with Gasteiger partial charge in [0.15, 0.2) is 0 Å². The average Bonchev–Trinajstić information content (AvgIpc) is 3.54. The minimum Gasteiger partial charge on any atom is -0.402 e. The molecule has 1 aromatic carbocycles. The molecule has 0 spiro atoms. The van der Waals surface area contributed by atoms with E-state index in [9.17, 15) is 14.4 Å². The molecule has 0 aromatic heterocycles. The van der Waals surface area contributed by atoms with Gasteiger partial charge in [-0.1, -0.05) is 18.2 Å². The molecule has 0 radical (unpaired) electrons. The molecule has 3 rings (SSSR count). The number of amidine groups is 1. The lowest BCUT2D eigenvalue weighted by molar-refractivity contribution is -0.132. The van der Waals surface area contributed by atoms with Crippen LogP contribution in [0.2, 0.25) is 0 Å². The second kappa shape index (κ2) is 11.8. The lowest BCUT2D eigenvalue weighted by Crippen LogP contribution is -2.42. The van der Waals surface area contributed by atoms with Crippen LogP contribution in [0.3, 0.4) is 0 Å². The summed E-state index contributed by atoms with van der Waals surface area (Å²) in [5.74, 6) is -0.966. The summed E-state index contributed by atoms with van der Waals surface area (Å²) in [6.07, 6.45) is 8.25. The van der Waals surface area contributed by atoms with Gasteiger partial charge in [0.05, 0.1) is 5.92 Å². The van der Waals surface area contributed by atoms with Crippen molar-refractivity contribution in [2.45, 2.75) is 44.6 Å². The Morgan fingerprint density at radius 3 is 2.69 bits per heavy atom. The van der Waals surface area contributed by atoms with Crippen molar-refractivity contribution in [3.8, 4) is 0 Å². The number of nitrogens with one attached hydrogen (secondary N) is 3. The Morgan fingerprint density at radius 1 is 1.26 bits per heavy atom. The standard InChI is InChI=1S/C26H36N6O3/c1-17(25(34)30-23(28)16-21(27)18-11-12-18)19-7-4-8-20(15-19)29-26(35)22-9-5-14-32(22)24(33)10-6-13-31(2)3/h4,6-8,10,15-18,22H,5,9,11-14,27H2,1-3H3,(H,29,35)(H2,28,30,34)/b10-6+,21-16-. The van der Waals surface area contributed by atoms with E-state index >= 15 is 0 Å². The van der Waals surface area contributed by atoms with Gasteiger partial charge in [-0.05, 0) is 76.4 Å². The number of rotatable bonds is 9.